The molecule has 2 amide bonds. The Morgan fingerprint density at radius 1 is 1.11 bits per heavy atom. The second kappa shape index (κ2) is 8.27. The molecule has 3 rings (SSSR count). The van der Waals surface area contributed by atoms with Gasteiger partial charge in [0.2, 0.25) is 0 Å². The van der Waals surface area contributed by atoms with E-state index >= 15 is 0 Å². The van der Waals surface area contributed by atoms with E-state index in [1.165, 1.54) is 4.90 Å². The SMILES string of the molecule is Cc1cc(C)c2[nH]c(=O)c(CN(CCO)C(=O)Nc3ccccc3C)cc2c1. The van der Waals surface area contributed by atoms with Gasteiger partial charge in [-0.15, -0.1) is 0 Å². The molecular weight excluding hydrogens is 354 g/mol. The number of aromatic amines is 1. The molecule has 1 heterocycles. The lowest BCUT2D eigenvalue weighted by Crippen LogP contribution is -2.38. The number of pyridine rings is 1. The van der Waals surface area contributed by atoms with Crippen molar-refractivity contribution >= 4 is 22.6 Å². The first-order valence-electron chi connectivity index (χ1n) is 9.24. The summed E-state index contributed by atoms with van der Waals surface area (Å²) in [6, 6.07) is 13.0. The Morgan fingerprint density at radius 3 is 2.57 bits per heavy atom. The number of anilines is 1. The van der Waals surface area contributed by atoms with Gasteiger partial charge >= 0.3 is 6.03 Å². The van der Waals surface area contributed by atoms with E-state index in [1.807, 2.05) is 63.2 Å². The molecule has 0 spiro atoms. The molecule has 0 radical (unpaired) electrons. The minimum Gasteiger partial charge on any atom is -0.395 e. The van der Waals surface area contributed by atoms with Gasteiger partial charge < -0.3 is 20.3 Å². The molecule has 0 unspecified atom stereocenters. The van der Waals surface area contributed by atoms with Crippen LogP contribution in [0.15, 0.2) is 47.3 Å². The van der Waals surface area contributed by atoms with Gasteiger partial charge in [0.1, 0.15) is 0 Å². The van der Waals surface area contributed by atoms with Gasteiger partial charge in [-0.3, -0.25) is 4.79 Å². The summed E-state index contributed by atoms with van der Waals surface area (Å²) in [5, 5.41) is 13.2. The predicted molar refractivity (Wildman–Crippen MR) is 112 cm³/mol. The zero-order valence-corrected chi connectivity index (χ0v) is 16.4. The van der Waals surface area contributed by atoms with Gasteiger partial charge in [-0.1, -0.05) is 29.8 Å². The fourth-order valence-electron chi connectivity index (χ4n) is 3.34. The number of aliphatic hydroxyl groups is 1. The third-order valence-electron chi connectivity index (χ3n) is 4.78. The fourth-order valence-corrected chi connectivity index (χ4v) is 3.34. The summed E-state index contributed by atoms with van der Waals surface area (Å²) in [6.07, 6.45) is 0. The first-order chi connectivity index (χ1) is 13.4. The van der Waals surface area contributed by atoms with Crippen LogP contribution >= 0.6 is 0 Å². The lowest BCUT2D eigenvalue weighted by atomic mass is 10.1. The highest BCUT2D eigenvalue weighted by atomic mass is 16.3. The highest BCUT2D eigenvalue weighted by Gasteiger charge is 2.17. The van der Waals surface area contributed by atoms with E-state index in [0.29, 0.717) is 11.3 Å². The maximum absolute atomic E-state index is 12.7. The van der Waals surface area contributed by atoms with Gasteiger partial charge in [-0.05, 0) is 55.5 Å². The van der Waals surface area contributed by atoms with Gasteiger partial charge in [-0.25, -0.2) is 4.79 Å². The number of benzene rings is 2. The number of aliphatic hydroxyl groups excluding tert-OH is 1. The van der Waals surface area contributed by atoms with E-state index in [2.05, 4.69) is 10.3 Å². The maximum Gasteiger partial charge on any atom is 0.322 e. The normalized spacial score (nSPS) is 10.9. The highest BCUT2D eigenvalue weighted by molar-refractivity contribution is 5.90. The number of hydrogen-bond acceptors (Lipinski definition) is 3. The number of nitrogens with zero attached hydrogens (tertiary/aromatic N) is 1. The van der Waals surface area contributed by atoms with Crippen molar-refractivity contribution in [2.24, 2.45) is 0 Å². The molecule has 0 aliphatic heterocycles. The fraction of sp³-hybridized carbons (Fsp3) is 0.273. The van der Waals surface area contributed by atoms with Gasteiger partial charge in [0, 0.05) is 17.8 Å². The largest absolute Gasteiger partial charge is 0.395 e. The summed E-state index contributed by atoms with van der Waals surface area (Å²) in [7, 11) is 0. The van der Waals surface area contributed by atoms with Crippen LogP contribution in [0.5, 0.6) is 0 Å². The lowest BCUT2D eigenvalue weighted by molar-refractivity contribution is 0.185. The molecule has 3 N–H and O–H groups in total. The number of aromatic nitrogens is 1. The van der Waals surface area contributed by atoms with Crippen LogP contribution < -0.4 is 10.9 Å². The summed E-state index contributed by atoms with van der Waals surface area (Å²) in [6.45, 7) is 5.91. The summed E-state index contributed by atoms with van der Waals surface area (Å²) in [5.74, 6) is 0. The van der Waals surface area contributed by atoms with Gasteiger partial charge in [0.15, 0.2) is 0 Å². The van der Waals surface area contributed by atoms with Crippen molar-refractivity contribution in [3.63, 3.8) is 0 Å². The zero-order chi connectivity index (χ0) is 20.3. The molecule has 0 saturated heterocycles. The second-order valence-corrected chi connectivity index (χ2v) is 7.06. The molecule has 0 aliphatic carbocycles. The van der Waals surface area contributed by atoms with E-state index in [9.17, 15) is 14.7 Å². The van der Waals surface area contributed by atoms with Crippen LogP contribution in [0, 0.1) is 20.8 Å². The molecule has 0 atom stereocenters. The molecule has 3 aromatic rings. The minimum atomic E-state index is -0.358. The summed E-state index contributed by atoms with van der Waals surface area (Å²) < 4.78 is 0. The van der Waals surface area contributed by atoms with Crippen molar-refractivity contribution in [3.05, 3.63) is 75.1 Å². The van der Waals surface area contributed by atoms with Crippen molar-refractivity contribution < 1.29 is 9.90 Å². The monoisotopic (exact) mass is 379 g/mol. The van der Waals surface area contributed by atoms with Crippen LogP contribution in [-0.2, 0) is 6.54 Å². The number of amides is 2. The van der Waals surface area contributed by atoms with Crippen molar-refractivity contribution in [2.45, 2.75) is 27.3 Å². The number of fused-ring (bicyclic) bond motifs is 1. The Kier molecular flexibility index (Phi) is 5.80. The molecular formula is C22H25N3O3. The van der Waals surface area contributed by atoms with E-state index < -0.39 is 0 Å². The van der Waals surface area contributed by atoms with E-state index in [4.69, 9.17) is 0 Å². The molecule has 6 nitrogen and oxygen atoms in total. The number of carbonyl (C=O) groups excluding carboxylic acids is 1. The molecule has 0 saturated carbocycles. The topological polar surface area (TPSA) is 85.4 Å². The van der Waals surface area contributed by atoms with Crippen molar-refractivity contribution in [2.75, 3.05) is 18.5 Å². The first-order valence-corrected chi connectivity index (χ1v) is 9.24. The van der Waals surface area contributed by atoms with Crippen LogP contribution in [0.3, 0.4) is 0 Å². The number of hydrogen-bond donors (Lipinski definition) is 3. The number of H-pyrrole nitrogens is 1. The van der Waals surface area contributed by atoms with Crippen LogP contribution in [0.1, 0.15) is 22.3 Å². The Balaban J connectivity index is 1.89. The Labute approximate surface area is 163 Å². The van der Waals surface area contributed by atoms with E-state index in [-0.39, 0.29) is 31.3 Å². The summed E-state index contributed by atoms with van der Waals surface area (Å²) in [4.78, 5) is 29.7. The molecule has 28 heavy (non-hydrogen) atoms. The molecule has 0 bridgehead atoms. The Bertz CT molecular complexity index is 1070. The molecule has 2 aromatic carbocycles. The summed E-state index contributed by atoms with van der Waals surface area (Å²) in [5.41, 5.74) is 4.80. The average molecular weight is 379 g/mol. The number of carbonyl (C=O) groups is 1. The molecule has 146 valence electrons. The summed E-state index contributed by atoms with van der Waals surface area (Å²) >= 11 is 0. The first kappa shape index (κ1) is 19.6. The number of urea groups is 1. The van der Waals surface area contributed by atoms with Gasteiger partial charge in [-0.2, -0.15) is 0 Å². The Hall–Kier alpha value is -3.12. The zero-order valence-electron chi connectivity index (χ0n) is 16.4. The van der Waals surface area contributed by atoms with Crippen molar-refractivity contribution in [1.29, 1.82) is 0 Å². The molecule has 6 heteroatoms. The van der Waals surface area contributed by atoms with Gasteiger partial charge in [0.05, 0.1) is 18.7 Å². The average Bonchev–Trinajstić information content (AvgIpc) is 2.64. The standard InChI is InChI=1S/C22H25N3O3/c1-14-10-16(3)20-17(11-14)12-18(21(27)24-20)13-25(8-9-26)22(28)23-19-7-5-4-6-15(19)2/h4-7,10-12,26H,8-9,13H2,1-3H3,(H,23,28)(H,24,27). The van der Waals surface area contributed by atoms with Crippen molar-refractivity contribution in [3.8, 4) is 0 Å². The minimum absolute atomic E-state index is 0.108. The molecule has 0 fully saturated rings. The second-order valence-electron chi connectivity index (χ2n) is 7.06. The number of para-hydroxylation sites is 1. The predicted octanol–water partition coefficient (Wildman–Crippen LogP) is 3.48. The maximum atomic E-state index is 12.7. The number of nitrogens with one attached hydrogen (secondary N) is 2. The van der Waals surface area contributed by atoms with Crippen LogP contribution in [0.25, 0.3) is 10.9 Å². The van der Waals surface area contributed by atoms with E-state index in [1.54, 1.807) is 0 Å². The van der Waals surface area contributed by atoms with Gasteiger partial charge in [0.25, 0.3) is 5.56 Å². The third-order valence-corrected chi connectivity index (χ3v) is 4.78. The smallest absolute Gasteiger partial charge is 0.322 e. The van der Waals surface area contributed by atoms with E-state index in [0.717, 1.165) is 27.6 Å². The lowest BCUT2D eigenvalue weighted by Gasteiger charge is -2.23. The Morgan fingerprint density at radius 2 is 1.86 bits per heavy atom. The van der Waals surface area contributed by atoms with Crippen molar-refractivity contribution in [1.82, 2.24) is 9.88 Å². The quantitative estimate of drug-likeness (QED) is 0.634. The number of rotatable bonds is 5. The van der Waals surface area contributed by atoms with Crippen LogP contribution in [-0.4, -0.2) is 34.2 Å². The van der Waals surface area contributed by atoms with Crippen LogP contribution in [0.2, 0.25) is 0 Å². The third kappa shape index (κ3) is 4.23. The molecule has 1 aromatic heterocycles. The number of aryl methyl sites for hydroxylation is 3. The highest BCUT2D eigenvalue weighted by Crippen LogP contribution is 2.19. The van der Waals surface area contributed by atoms with Crippen LogP contribution in [0.4, 0.5) is 10.5 Å². The molecule has 0 aliphatic rings.